The van der Waals surface area contributed by atoms with E-state index in [0.717, 1.165) is 5.76 Å². The molecule has 0 spiro atoms. The SMILES string of the molecule is C[C@H](OC(=O)c1ccccc1NCc1ccco1)C(=O)Nc1ccc(Cl)cc1. The van der Waals surface area contributed by atoms with Gasteiger partial charge in [-0.15, -0.1) is 0 Å². The lowest BCUT2D eigenvalue weighted by Gasteiger charge is -2.15. The standard InChI is InChI=1S/C21H19ClN2O4/c1-14(20(25)24-16-10-8-15(22)9-11-16)28-21(26)18-6-2-3-7-19(18)23-13-17-5-4-12-27-17/h2-12,14,23H,13H2,1H3,(H,24,25)/t14-/m0/s1. The summed E-state index contributed by atoms with van der Waals surface area (Å²) in [6.07, 6.45) is 0.610. The van der Waals surface area contributed by atoms with E-state index >= 15 is 0 Å². The fraction of sp³-hybridized carbons (Fsp3) is 0.143. The predicted molar refractivity (Wildman–Crippen MR) is 107 cm³/mol. The largest absolute Gasteiger partial charge is 0.467 e. The van der Waals surface area contributed by atoms with E-state index in [2.05, 4.69) is 10.6 Å². The first kappa shape index (κ1) is 19.5. The highest BCUT2D eigenvalue weighted by Crippen LogP contribution is 2.19. The molecule has 0 aliphatic rings. The molecule has 1 heterocycles. The average molecular weight is 399 g/mol. The zero-order valence-electron chi connectivity index (χ0n) is 15.1. The van der Waals surface area contributed by atoms with Gasteiger partial charge in [-0.1, -0.05) is 23.7 Å². The summed E-state index contributed by atoms with van der Waals surface area (Å²) in [5.74, 6) is -0.295. The second kappa shape index (κ2) is 9.10. The molecule has 1 aromatic heterocycles. The number of rotatable bonds is 7. The summed E-state index contributed by atoms with van der Waals surface area (Å²) >= 11 is 5.83. The van der Waals surface area contributed by atoms with Crippen LogP contribution in [0.25, 0.3) is 0 Å². The molecule has 0 bridgehead atoms. The summed E-state index contributed by atoms with van der Waals surface area (Å²) in [7, 11) is 0. The number of para-hydroxylation sites is 1. The van der Waals surface area contributed by atoms with Crippen molar-refractivity contribution in [2.24, 2.45) is 0 Å². The van der Waals surface area contributed by atoms with Gasteiger partial charge in [-0.3, -0.25) is 4.79 Å². The second-order valence-electron chi connectivity index (χ2n) is 6.02. The number of benzene rings is 2. The molecule has 2 aromatic carbocycles. The Bertz CT molecular complexity index is 939. The van der Waals surface area contributed by atoms with Gasteiger partial charge >= 0.3 is 5.97 Å². The highest BCUT2D eigenvalue weighted by atomic mass is 35.5. The molecule has 0 saturated carbocycles. The van der Waals surface area contributed by atoms with Crippen molar-refractivity contribution in [1.82, 2.24) is 0 Å². The summed E-state index contributed by atoms with van der Waals surface area (Å²) in [5, 5.41) is 6.38. The molecule has 0 aliphatic carbocycles. The molecular weight excluding hydrogens is 380 g/mol. The summed E-state index contributed by atoms with van der Waals surface area (Å²) in [6.45, 7) is 1.94. The lowest BCUT2D eigenvalue weighted by atomic mass is 10.1. The number of carbonyl (C=O) groups is 2. The third kappa shape index (κ3) is 5.14. The van der Waals surface area contributed by atoms with Gasteiger partial charge in [0.25, 0.3) is 5.91 Å². The van der Waals surface area contributed by atoms with Crippen LogP contribution in [0.2, 0.25) is 5.02 Å². The molecule has 1 amide bonds. The third-order valence-electron chi connectivity index (χ3n) is 3.94. The lowest BCUT2D eigenvalue weighted by Crippen LogP contribution is -2.30. The number of hydrogen-bond donors (Lipinski definition) is 2. The molecular formula is C21H19ClN2O4. The van der Waals surface area contributed by atoms with Crippen LogP contribution in [0.3, 0.4) is 0 Å². The van der Waals surface area contributed by atoms with Gasteiger partial charge in [0.15, 0.2) is 6.10 Å². The molecule has 3 rings (SSSR count). The van der Waals surface area contributed by atoms with Crippen molar-refractivity contribution in [1.29, 1.82) is 0 Å². The van der Waals surface area contributed by atoms with Crippen LogP contribution in [0.5, 0.6) is 0 Å². The van der Waals surface area contributed by atoms with E-state index < -0.39 is 18.0 Å². The zero-order chi connectivity index (χ0) is 19.9. The minimum atomic E-state index is -0.971. The van der Waals surface area contributed by atoms with Crippen molar-refractivity contribution in [3.63, 3.8) is 0 Å². The van der Waals surface area contributed by atoms with Gasteiger partial charge in [0.05, 0.1) is 18.4 Å². The molecule has 7 heteroatoms. The van der Waals surface area contributed by atoms with E-state index in [0.29, 0.717) is 28.5 Å². The number of amides is 1. The first-order chi connectivity index (χ1) is 13.5. The first-order valence-electron chi connectivity index (χ1n) is 8.65. The number of esters is 1. The summed E-state index contributed by atoms with van der Waals surface area (Å²) in [6, 6.07) is 17.2. The molecule has 0 aliphatic heterocycles. The monoisotopic (exact) mass is 398 g/mol. The van der Waals surface area contributed by atoms with E-state index in [1.807, 2.05) is 6.07 Å². The van der Waals surface area contributed by atoms with Crippen LogP contribution in [-0.2, 0) is 16.1 Å². The van der Waals surface area contributed by atoms with Gasteiger partial charge in [0.1, 0.15) is 5.76 Å². The van der Waals surface area contributed by atoms with E-state index in [-0.39, 0.29) is 0 Å². The van der Waals surface area contributed by atoms with Crippen LogP contribution in [-0.4, -0.2) is 18.0 Å². The Hall–Kier alpha value is -3.25. The molecule has 0 radical (unpaired) electrons. The number of ether oxygens (including phenoxy) is 1. The van der Waals surface area contributed by atoms with Crippen LogP contribution in [0, 0.1) is 0 Å². The molecule has 3 aromatic rings. The molecule has 6 nitrogen and oxygen atoms in total. The van der Waals surface area contributed by atoms with Crippen molar-refractivity contribution in [2.45, 2.75) is 19.6 Å². The lowest BCUT2D eigenvalue weighted by molar-refractivity contribution is -0.123. The Balaban J connectivity index is 1.61. The number of furan rings is 1. The van der Waals surface area contributed by atoms with E-state index in [4.69, 9.17) is 20.8 Å². The average Bonchev–Trinajstić information content (AvgIpc) is 3.22. The summed E-state index contributed by atoms with van der Waals surface area (Å²) < 4.78 is 10.6. The van der Waals surface area contributed by atoms with E-state index in [1.165, 1.54) is 6.92 Å². The van der Waals surface area contributed by atoms with Gasteiger partial charge in [0, 0.05) is 16.4 Å². The topological polar surface area (TPSA) is 80.6 Å². The number of halogens is 1. The molecule has 1 atom stereocenters. The van der Waals surface area contributed by atoms with Crippen molar-refractivity contribution < 1.29 is 18.7 Å². The van der Waals surface area contributed by atoms with E-state index in [9.17, 15) is 9.59 Å². The second-order valence-corrected chi connectivity index (χ2v) is 6.46. The van der Waals surface area contributed by atoms with Crippen molar-refractivity contribution >= 4 is 34.9 Å². The van der Waals surface area contributed by atoms with Gasteiger partial charge in [-0.05, 0) is 55.5 Å². The number of nitrogens with one attached hydrogen (secondary N) is 2. The van der Waals surface area contributed by atoms with Crippen molar-refractivity contribution in [3.8, 4) is 0 Å². The maximum Gasteiger partial charge on any atom is 0.341 e. The van der Waals surface area contributed by atoms with Crippen LogP contribution in [0.15, 0.2) is 71.3 Å². The van der Waals surface area contributed by atoms with Crippen LogP contribution in [0.1, 0.15) is 23.0 Å². The summed E-state index contributed by atoms with van der Waals surface area (Å²) in [4.78, 5) is 24.8. The molecule has 0 fully saturated rings. The first-order valence-corrected chi connectivity index (χ1v) is 9.03. The normalized spacial score (nSPS) is 11.5. The van der Waals surface area contributed by atoms with Gasteiger partial charge in [0.2, 0.25) is 0 Å². The Kier molecular flexibility index (Phi) is 6.34. The van der Waals surface area contributed by atoms with Crippen LogP contribution in [0.4, 0.5) is 11.4 Å². The highest BCUT2D eigenvalue weighted by Gasteiger charge is 2.21. The Morgan fingerprint density at radius 1 is 1.07 bits per heavy atom. The molecule has 0 unspecified atom stereocenters. The number of carbonyl (C=O) groups excluding carboxylic acids is 2. The Morgan fingerprint density at radius 3 is 2.54 bits per heavy atom. The molecule has 144 valence electrons. The minimum Gasteiger partial charge on any atom is -0.467 e. The highest BCUT2D eigenvalue weighted by molar-refractivity contribution is 6.30. The van der Waals surface area contributed by atoms with Gasteiger partial charge in [-0.25, -0.2) is 4.79 Å². The molecule has 2 N–H and O–H groups in total. The van der Waals surface area contributed by atoms with Crippen molar-refractivity contribution in [3.05, 3.63) is 83.3 Å². The van der Waals surface area contributed by atoms with Gasteiger partial charge in [-0.2, -0.15) is 0 Å². The zero-order valence-corrected chi connectivity index (χ0v) is 15.9. The maximum atomic E-state index is 12.6. The quantitative estimate of drug-likeness (QED) is 0.562. The van der Waals surface area contributed by atoms with Crippen molar-refractivity contribution in [2.75, 3.05) is 10.6 Å². The predicted octanol–water partition coefficient (Wildman–Crippen LogP) is 4.73. The Labute approximate surface area is 167 Å². The van der Waals surface area contributed by atoms with Gasteiger partial charge < -0.3 is 19.8 Å². The minimum absolute atomic E-state index is 0.334. The fourth-order valence-corrected chi connectivity index (χ4v) is 2.59. The van der Waals surface area contributed by atoms with Crippen LogP contribution < -0.4 is 10.6 Å². The van der Waals surface area contributed by atoms with Crippen LogP contribution >= 0.6 is 11.6 Å². The van der Waals surface area contributed by atoms with E-state index in [1.54, 1.807) is 60.9 Å². The maximum absolute atomic E-state index is 12.6. The molecule has 0 saturated heterocycles. The third-order valence-corrected chi connectivity index (χ3v) is 4.20. The number of hydrogen-bond acceptors (Lipinski definition) is 5. The smallest absolute Gasteiger partial charge is 0.341 e. The fourth-order valence-electron chi connectivity index (χ4n) is 2.47. The Morgan fingerprint density at radius 2 is 1.82 bits per heavy atom. The molecule has 28 heavy (non-hydrogen) atoms. The number of anilines is 2. The summed E-state index contributed by atoms with van der Waals surface area (Å²) in [5.41, 5.74) is 1.49.